The van der Waals surface area contributed by atoms with Gasteiger partial charge in [-0.05, 0) is 35.9 Å². The Kier molecular flexibility index (Phi) is 4.55. The van der Waals surface area contributed by atoms with Gasteiger partial charge < -0.3 is 9.66 Å². The Morgan fingerprint density at radius 3 is 2.68 bits per heavy atom. The van der Waals surface area contributed by atoms with Crippen molar-refractivity contribution in [3.8, 4) is 0 Å². The van der Waals surface area contributed by atoms with Gasteiger partial charge in [-0.2, -0.15) is 4.31 Å². The van der Waals surface area contributed by atoms with E-state index in [-0.39, 0.29) is 21.1 Å². The van der Waals surface area contributed by atoms with Crippen LogP contribution >= 0.6 is 11.6 Å². The number of hydrogen-bond acceptors (Lipinski definition) is 4. The molecule has 0 spiro atoms. The van der Waals surface area contributed by atoms with Gasteiger partial charge in [0.15, 0.2) is 0 Å². The molecule has 2 aromatic carbocycles. The number of benzene rings is 2. The number of carbonyl (C=O) groups excluding carboxylic acids is 1. The summed E-state index contributed by atoms with van der Waals surface area (Å²) in [7, 11) is 1.53. The molecule has 1 heterocycles. The summed E-state index contributed by atoms with van der Waals surface area (Å²) in [6.45, 7) is 0. The molecule has 1 aliphatic rings. The molecule has 1 N–H and O–H groups in total. The number of fused-ring (bicyclic) bond motifs is 1. The first-order valence-electron chi connectivity index (χ1n) is 7.04. The Hall–Kier alpha value is -2.35. The molecule has 1 atom stereocenters. The van der Waals surface area contributed by atoms with Crippen molar-refractivity contribution in [1.82, 2.24) is 0 Å². The quantitative estimate of drug-likeness (QED) is 0.638. The van der Waals surface area contributed by atoms with Gasteiger partial charge in [-0.15, -0.1) is 0 Å². The van der Waals surface area contributed by atoms with Gasteiger partial charge >= 0.3 is 5.97 Å². The third-order valence-electron chi connectivity index (χ3n) is 3.73. The Balaban J connectivity index is 2.11. The number of nitrogens with zero attached hydrogens (tertiary/aromatic N) is 1. The zero-order chi connectivity index (χ0) is 18.3. The fourth-order valence-corrected chi connectivity index (χ4v) is 3.70. The van der Waals surface area contributed by atoms with Crippen LogP contribution < -0.4 is 4.31 Å². The van der Waals surface area contributed by atoms with Gasteiger partial charge in [0.25, 0.3) is 0 Å². The van der Waals surface area contributed by atoms with Crippen molar-refractivity contribution in [3.05, 3.63) is 68.8 Å². The lowest BCUT2D eigenvalue weighted by Gasteiger charge is -2.29. The third-order valence-corrected chi connectivity index (χ3v) is 5.41. The van der Waals surface area contributed by atoms with E-state index in [4.69, 9.17) is 16.7 Å². The van der Waals surface area contributed by atoms with Gasteiger partial charge in [-0.3, -0.25) is 4.79 Å². The lowest BCUT2D eigenvalue weighted by molar-refractivity contribution is 0.0697. The largest absolute Gasteiger partial charge is 0.588 e. The van der Waals surface area contributed by atoms with Crippen LogP contribution in [-0.2, 0) is 11.4 Å². The molecular formula is C17H11ClFNO4S. The minimum atomic E-state index is -1.80. The SMILES string of the molecule is CN1c2ccc(C(=O)O)cc2C(=O)/C(=C\c2ccc(Cl)c(F)c2)[S+]1[O-]. The zero-order valence-corrected chi connectivity index (χ0v) is 14.4. The molecule has 0 saturated carbocycles. The highest BCUT2D eigenvalue weighted by molar-refractivity contribution is 7.97. The summed E-state index contributed by atoms with van der Waals surface area (Å²) in [5.41, 5.74) is 0.769. The van der Waals surface area contributed by atoms with Crippen LogP contribution in [0.5, 0.6) is 0 Å². The zero-order valence-electron chi connectivity index (χ0n) is 12.8. The second kappa shape index (κ2) is 6.51. The first-order chi connectivity index (χ1) is 11.8. The molecule has 0 aliphatic carbocycles. The monoisotopic (exact) mass is 379 g/mol. The minimum absolute atomic E-state index is 0.0509. The average Bonchev–Trinajstić information content (AvgIpc) is 2.59. The maximum atomic E-state index is 13.6. The summed E-state index contributed by atoms with van der Waals surface area (Å²) < 4.78 is 27.5. The number of anilines is 1. The molecule has 5 nitrogen and oxygen atoms in total. The van der Waals surface area contributed by atoms with Crippen LogP contribution in [0.25, 0.3) is 6.08 Å². The Bertz CT molecular complexity index is 931. The Morgan fingerprint density at radius 1 is 1.32 bits per heavy atom. The van der Waals surface area contributed by atoms with Gasteiger partial charge in [0, 0.05) is 6.08 Å². The maximum Gasteiger partial charge on any atom is 0.335 e. The molecule has 1 unspecified atom stereocenters. The standard InChI is InChI=1S/C17H11ClFNO4S/c1-20-14-5-3-10(17(22)23)8-11(14)16(21)15(25(20)24)7-9-2-4-12(18)13(19)6-9/h2-8H,1H3,(H,22,23)/b15-7+. The molecular weight excluding hydrogens is 369 g/mol. The van der Waals surface area contributed by atoms with E-state index < -0.39 is 28.9 Å². The van der Waals surface area contributed by atoms with Crippen molar-refractivity contribution in [2.24, 2.45) is 0 Å². The fraction of sp³-hybridized carbons (Fsp3) is 0.0588. The number of hydrogen-bond donors (Lipinski definition) is 1. The second-order valence-corrected chi connectivity index (χ2v) is 7.19. The molecule has 128 valence electrons. The average molecular weight is 380 g/mol. The molecule has 8 heteroatoms. The van der Waals surface area contributed by atoms with Crippen LogP contribution in [0.2, 0.25) is 5.02 Å². The Morgan fingerprint density at radius 2 is 2.04 bits per heavy atom. The lowest BCUT2D eigenvalue weighted by Crippen LogP contribution is -2.36. The van der Waals surface area contributed by atoms with E-state index in [9.17, 15) is 18.5 Å². The highest BCUT2D eigenvalue weighted by Gasteiger charge is 2.38. The van der Waals surface area contributed by atoms with Crippen molar-refractivity contribution in [2.45, 2.75) is 0 Å². The number of carbonyl (C=O) groups is 2. The van der Waals surface area contributed by atoms with Gasteiger partial charge in [0.1, 0.15) is 17.2 Å². The highest BCUT2D eigenvalue weighted by Crippen LogP contribution is 2.35. The summed E-state index contributed by atoms with van der Waals surface area (Å²) >= 11 is 3.83. The van der Waals surface area contributed by atoms with E-state index >= 15 is 0 Å². The summed E-state index contributed by atoms with van der Waals surface area (Å²) in [5.74, 6) is -2.40. The van der Waals surface area contributed by atoms with Crippen molar-refractivity contribution < 1.29 is 23.6 Å². The van der Waals surface area contributed by atoms with Crippen molar-refractivity contribution in [3.63, 3.8) is 0 Å². The third kappa shape index (κ3) is 3.13. The van der Waals surface area contributed by atoms with E-state index in [2.05, 4.69) is 0 Å². The number of halogens is 2. The molecule has 0 fully saturated rings. The normalized spacial score (nSPS) is 18.4. The van der Waals surface area contributed by atoms with E-state index in [0.29, 0.717) is 11.3 Å². The molecule has 2 aromatic rings. The summed E-state index contributed by atoms with van der Waals surface area (Å²) in [6.07, 6.45) is 1.31. The van der Waals surface area contributed by atoms with Crippen LogP contribution in [-0.4, -0.2) is 28.5 Å². The number of Topliss-reactive ketones (excluding diaryl/α,β-unsaturated/α-hetero) is 1. The van der Waals surface area contributed by atoms with Crippen molar-refractivity contribution in [1.29, 1.82) is 0 Å². The molecule has 1 aliphatic heterocycles. The van der Waals surface area contributed by atoms with Crippen LogP contribution in [0.3, 0.4) is 0 Å². The molecule has 25 heavy (non-hydrogen) atoms. The number of aromatic carboxylic acids is 1. The molecule has 0 bridgehead atoms. The summed E-state index contributed by atoms with van der Waals surface area (Å²) in [6, 6.07) is 7.97. The predicted octanol–water partition coefficient (Wildman–Crippen LogP) is 3.51. The predicted molar refractivity (Wildman–Crippen MR) is 93.7 cm³/mol. The van der Waals surface area contributed by atoms with Crippen LogP contribution in [0.15, 0.2) is 41.3 Å². The highest BCUT2D eigenvalue weighted by atomic mass is 35.5. The number of allylic oxidation sites excluding steroid dienone is 1. The van der Waals surface area contributed by atoms with Gasteiger partial charge in [0.2, 0.25) is 10.7 Å². The first kappa shape index (κ1) is 17.5. The fourth-order valence-electron chi connectivity index (χ4n) is 2.44. The van der Waals surface area contributed by atoms with E-state index in [0.717, 1.165) is 6.07 Å². The lowest BCUT2D eigenvalue weighted by atomic mass is 10.0. The molecule has 0 aromatic heterocycles. The van der Waals surface area contributed by atoms with Crippen molar-refractivity contribution >= 4 is 46.5 Å². The van der Waals surface area contributed by atoms with Crippen molar-refractivity contribution in [2.75, 3.05) is 11.4 Å². The van der Waals surface area contributed by atoms with E-state index in [1.165, 1.54) is 47.8 Å². The molecule has 0 radical (unpaired) electrons. The second-order valence-electron chi connectivity index (χ2n) is 5.29. The smallest absolute Gasteiger partial charge is 0.335 e. The Labute approximate surface area is 150 Å². The number of carboxylic acid groups (broad SMARTS) is 1. The van der Waals surface area contributed by atoms with E-state index in [1.807, 2.05) is 0 Å². The first-order valence-corrected chi connectivity index (χ1v) is 8.52. The van der Waals surface area contributed by atoms with Gasteiger partial charge in [-0.25, -0.2) is 9.18 Å². The van der Waals surface area contributed by atoms with E-state index in [1.54, 1.807) is 0 Å². The molecule has 3 rings (SSSR count). The van der Waals surface area contributed by atoms with Crippen LogP contribution in [0, 0.1) is 5.82 Å². The van der Waals surface area contributed by atoms with Crippen LogP contribution in [0.1, 0.15) is 26.3 Å². The number of rotatable bonds is 2. The number of carboxylic acids is 1. The summed E-state index contributed by atoms with van der Waals surface area (Å²) in [5, 5.41) is 9.03. The summed E-state index contributed by atoms with van der Waals surface area (Å²) in [4.78, 5) is 23.8. The molecule has 0 saturated heterocycles. The number of ketones is 1. The maximum absolute atomic E-state index is 13.6. The van der Waals surface area contributed by atoms with Crippen LogP contribution in [0.4, 0.5) is 10.1 Å². The molecule has 0 amide bonds. The topological polar surface area (TPSA) is 80.7 Å². The van der Waals surface area contributed by atoms with Gasteiger partial charge in [0.05, 0.1) is 28.9 Å². The van der Waals surface area contributed by atoms with Gasteiger partial charge in [-0.1, -0.05) is 17.7 Å². The minimum Gasteiger partial charge on any atom is -0.588 e.